The zero-order valence-electron chi connectivity index (χ0n) is 16.9. The Kier molecular flexibility index (Phi) is 6.85. The van der Waals surface area contributed by atoms with E-state index < -0.39 is 15.9 Å². The fourth-order valence-electron chi connectivity index (χ4n) is 3.06. The molecule has 1 amide bonds. The third kappa shape index (κ3) is 5.35. The predicted molar refractivity (Wildman–Crippen MR) is 120 cm³/mol. The molecule has 3 N–H and O–H groups in total. The van der Waals surface area contributed by atoms with Crippen molar-refractivity contribution < 1.29 is 13.2 Å². The summed E-state index contributed by atoms with van der Waals surface area (Å²) in [4.78, 5) is 14.5. The number of piperazine rings is 1. The van der Waals surface area contributed by atoms with Gasteiger partial charge in [0.05, 0.1) is 15.6 Å². The Bertz CT molecular complexity index is 1150. The highest BCUT2D eigenvalue weighted by atomic mass is 35.5. The highest BCUT2D eigenvalue weighted by molar-refractivity contribution is 7.89. The molecule has 31 heavy (non-hydrogen) atoms. The lowest BCUT2D eigenvalue weighted by atomic mass is 10.2. The van der Waals surface area contributed by atoms with Gasteiger partial charge in [0.25, 0.3) is 5.91 Å². The molecule has 0 saturated carbocycles. The van der Waals surface area contributed by atoms with Crippen LogP contribution in [0.5, 0.6) is 0 Å². The fraction of sp³-hybridized carbons (Fsp3) is 0.238. The number of carbonyl (C=O) groups excluding carboxylic acids is 1. The predicted octanol–water partition coefficient (Wildman–Crippen LogP) is 2.58. The monoisotopic (exact) mass is 459 g/mol. The number of benzene rings is 2. The van der Waals surface area contributed by atoms with Crippen LogP contribution in [0.3, 0.4) is 0 Å². The van der Waals surface area contributed by atoms with Crippen molar-refractivity contribution in [3.63, 3.8) is 0 Å². The van der Waals surface area contributed by atoms with Crippen molar-refractivity contribution in [1.82, 2.24) is 9.21 Å². The molecule has 2 aromatic rings. The molecule has 2 aromatic carbocycles. The summed E-state index contributed by atoms with van der Waals surface area (Å²) in [5.74, 6) is -0.585. The second kappa shape index (κ2) is 9.39. The number of nitrogens with zero attached hydrogens (tertiary/aromatic N) is 3. The summed E-state index contributed by atoms with van der Waals surface area (Å²) >= 11 is 5.95. The number of aryl methyl sites for hydroxylation is 1. The van der Waals surface area contributed by atoms with Gasteiger partial charge in [-0.1, -0.05) is 29.3 Å². The Balaban J connectivity index is 1.64. The largest absolute Gasteiger partial charge is 0.398 e. The Morgan fingerprint density at radius 3 is 2.39 bits per heavy atom. The van der Waals surface area contributed by atoms with E-state index in [9.17, 15) is 18.5 Å². The summed E-state index contributed by atoms with van der Waals surface area (Å²) < 4.78 is 27.0. The van der Waals surface area contributed by atoms with Gasteiger partial charge in [-0.25, -0.2) is 8.42 Å². The van der Waals surface area contributed by atoms with Crippen LogP contribution in [0.2, 0.25) is 5.02 Å². The van der Waals surface area contributed by atoms with Crippen molar-refractivity contribution in [2.75, 3.05) is 37.2 Å². The van der Waals surface area contributed by atoms with E-state index in [1.54, 1.807) is 41.3 Å². The number of amides is 1. The van der Waals surface area contributed by atoms with E-state index in [2.05, 4.69) is 5.32 Å². The van der Waals surface area contributed by atoms with Gasteiger partial charge in [0.1, 0.15) is 11.6 Å². The number of nitrogens with one attached hydrogen (secondary N) is 1. The number of nitrogen functional groups attached to an aromatic ring is 1. The lowest BCUT2D eigenvalue weighted by Gasteiger charge is -2.33. The van der Waals surface area contributed by atoms with Gasteiger partial charge in [0, 0.05) is 38.1 Å². The van der Waals surface area contributed by atoms with E-state index in [1.165, 1.54) is 16.6 Å². The molecule has 1 heterocycles. The molecule has 1 aliphatic heterocycles. The van der Waals surface area contributed by atoms with Crippen LogP contribution in [0, 0.1) is 18.3 Å². The summed E-state index contributed by atoms with van der Waals surface area (Å²) in [5.41, 5.74) is 7.34. The van der Waals surface area contributed by atoms with Crippen LogP contribution in [0.1, 0.15) is 5.56 Å². The number of nitrogens with two attached hydrogens (primary N) is 1. The number of hydrogen-bond donors (Lipinski definition) is 2. The lowest BCUT2D eigenvalue weighted by molar-refractivity contribution is -0.112. The van der Waals surface area contributed by atoms with Crippen LogP contribution in [0.4, 0.5) is 11.4 Å². The van der Waals surface area contributed by atoms with Crippen LogP contribution >= 0.6 is 11.6 Å². The third-order valence-corrected chi connectivity index (χ3v) is 7.11. The first-order valence-corrected chi connectivity index (χ1v) is 11.3. The molecule has 1 fully saturated rings. The number of halogens is 1. The van der Waals surface area contributed by atoms with E-state index in [0.29, 0.717) is 29.5 Å². The molecular formula is C21H22ClN5O3S. The van der Waals surface area contributed by atoms with Crippen LogP contribution in [0.25, 0.3) is 0 Å². The molecule has 10 heteroatoms. The molecular weight excluding hydrogens is 438 g/mol. The Morgan fingerprint density at radius 1 is 1.16 bits per heavy atom. The molecule has 1 saturated heterocycles. The van der Waals surface area contributed by atoms with E-state index in [1.807, 2.05) is 13.0 Å². The summed E-state index contributed by atoms with van der Waals surface area (Å²) in [7, 11) is -3.58. The molecule has 0 aliphatic carbocycles. The van der Waals surface area contributed by atoms with Gasteiger partial charge in [0.2, 0.25) is 10.0 Å². The topological polar surface area (TPSA) is 120 Å². The van der Waals surface area contributed by atoms with Crippen molar-refractivity contribution in [2.45, 2.75) is 11.8 Å². The average Bonchev–Trinajstić information content (AvgIpc) is 2.75. The molecule has 1 aliphatic rings. The summed E-state index contributed by atoms with van der Waals surface area (Å²) in [6.07, 6.45) is 1.45. The molecule has 0 atom stereocenters. The molecule has 0 aromatic heterocycles. The first-order valence-electron chi connectivity index (χ1n) is 9.50. The Labute approximate surface area is 186 Å². The fourth-order valence-corrected chi connectivity index (χ4v) is 4.66. The first-order chi connectivity index (χ1) is 14.7. The number of anilines is 2. The molecule has 0 spiro atoms. The first kappa shape index (κ1) is 22.6. The summed E-state index contributed by atoms with van der Waals surface area (Å²) in [6, 6.07) is 13.2. The number of hydrogen-bond acceptors (Lipinski definition) is 6. The van der Waals surface area contributed by atoms with Crippen molar-refractivity contribution >= 4 is 38.9 Å². The minimum atomic E-state index is -3.58. The molecule has 8 nitrogen and oxygen atoms in total. The Hall–Kier alpha value is -3.06. The number of carbonyl (C=O) groups is 1. The van der Waals surface area contributed by atoms with E-state index >= 15 is 0 Å². The van der Waals surface area contributed by atoms with Gasteiger partial charge < -0.3 is 16.0 Å². The van der Waals surface area contributed by atoms with Crippen molar-refractivity contribution in [1.29, 1.82) is 5.26 Å². The van der Waals surface area contributed by atoms with Crippen LogP contribution in [-0.2, 0) is 14.8 Å². The van der Waals surface area contributed by atoms with Gasteiger partial charge in [-0.15, -0.1) is 0 Å². The zero-order chi connectivity index (χ0) is 22.6. The SMILES string of the molecule is Cc1ccc(S(=O)(=O)N2CCN(/C=C(/C#N)C(=O)Nc3ccc(N)c(Cl)c3)CC2)cc1. The third-order valence-electron chi connectivity index (χ3n) is 4.87. The van der Waals surface area contributed by atoms with Gasteiger partial charge in [-0.3, -0.25) is 4.79 Å². The minimum absolute atomic E-state index is 0.0946. The van der Waals surface area contributed by atoms with E-state index in [0.717, 1.165) is 5.56 Å². The average molecular weight is 460 g/mol. The van der Waals surface area contributed by atoms with Gasteiger partial charge in [0.15, 0.2) is 0 Å². The molecule has 0 radical (unpaired) electrons. The Morgan fingerprint density at radius 2 is 1.81 bits per heavy atom. The standard InChI is InChI=1S/C21H22ClN5O3S/c1-15-2-5-18(6-3-15)31(29,30)27-10-8-26(9-11-27)14-16(13-23)21(28)25-17-4-7-20(24)19(22)12-17/h2-7,12,14H,8-11,24H2,1H3,(H,25,28)/b16-14-. The quantitative estimate of drug-likeness (QED) is 0.403. The van der Waals surface area contributed by atoms with E-state index in [-0.39, 0.29) is 23.6 Å². The second-order valence-electron chi connectivity index (χ2n) is 7.10. The highest BCUT2D eigenvalue weighted by Gasteiger charge is 2.28. The maximum atomic E-state index is 12.8. The summed E-state index contributed by atoms with van der Waals surface area (Å²) in [5, 5.41) is 12.3. The maximum absolute atomic E-state index is 12.8. The maximum Gasteiger partial charge on any atom is 0.267 e. The smallest absolute Gasteiger partial charge is 0.267 e. The number of sulfonamides is 1. The minimum Gasteiger partial charge on any atom is -0.398 e. The van der Waals surface area contributed by atoms with Gasteiger partial charge in [-0.05, 0) is 37.3 Å². The zero-order valence-corrected chi connectivity index (χ0v) is 18.4. The van der Waals surface area contributed by atoms with Crippen LogP contribution < -0.4 is 11.1 Å². The molecule has 3 rings (SSSR count). The van der Waals surface area contributed by atoms with E-state index in [4.69, 9.17) is 17.3 Å². The van der Waals surface area contributed by atoms with Crippen molar-refractivity contribution in [2.24, 2.45) is 0 Å². The normalized spacial score (nSPS) is 15.4. The number of nitriles is 1. The van der Waals surface area contributed by atoms with Gasteiger partial charge >= 0.3 is 0 Å². The van der Waals surface area contributed by atoms with Crippen molar-refractivity contribution in [3.05, 3.63) is 64.8 Å². The van der Waals surface area contributed by atoms with Crippen LogP contribution in [-0.4, -0.2) is 49.7 Å². The summed E-state index contributed by atoms with van der Waals surface area (Å²) in [6.45, 7) is 3.11. The van der Waals surface area contributed by atoms with Crippen molar-refractivity contribution in [3.8, 4) is 6.07 Å². The van der Waals surface area contributed by atoms with Gasteiger partial charge in [-0.2, -0.15) is 9.57 Å². The highest BCUT2D eigenvalue weighted by Crippen LogP contribution is 2.23. The molecule has 162 valence electrons. The number of rotatable bonds is 5. The lowest BCUT2D eigenvalue weighted by Crippen LogP contribution is -2.46. The molecule has 0 unspecified atom stereocenters. The molecule has 0 bridgehead atoms. The second-order valence-corrected chi connectivity index (χ2v) is 9.44. The van der Waals surface area contributed by atoms with Crippen LogP contribution in [0.15, 0.2) is 59.1 Å².